The van der Waals surface area contributed by atoms with Crippen LogP contribution in [-0.4, -0.2) is 34.7 Å². The van der Waals surface area contributed by atoms with Crippen molar-refractivity contribution in [2.45, 2.75) is 65.0 Å². The first-order valence-corrected chi connectivity index (χ1v) is 12.8. The number of benzene rings is 1. The summed E-state index contributed by atoms with van der Waals surface area (Å²) in [6, 6.07) is 11.9. The molecule has 8 nitrogen and oxygen atoms in total. The van der Waals surface area contributed by atoms with Gasteiger partial charge >= 0.3 is 5.69 Å². The standard InChI is InChI=1S/C26H30ClN7O/c1-2-8-23-24(27)34(16-18-9-4-3-5-10-18)26(35)33(23)17-20-14-13-19(15-28-20)21-11-6-7-12-22(21)25-29-31-32-30-25/h6-7,11-15,18H,2-5,8-10,16-17H2,1H3,(H,29,30,31,32). The highest BCUT2D eigenvalue weighted by atomic mass is 35.5. The van der Waals surface area contributed by atoms with Gasteiger partial charge in [0.15, 0.2) is 0 Å². The molecule has 0 amide bonds. The second kappa shape index (κ2) is 10.6. The molecule has 9 heteroatoms. The molecule has 1 saturated carbocycles. The smallest absolute Gasteiger partial charge is 0.289 e. The van der Waals surface area contributed by atoms with E-state index in [1.807, 2.05) is 47.2 Å². The van der Waals surface area contributed by atoms with E-state index in [1.165, 1.54) is 32.1 Å². The van der Waals surface area contributed by atoms with Crippen LogP contribution in [0.5, 0.6) is 0 Å². The number of nitrogens with one attached hydrogen (secondary N) is 1. The first-order chi connectivity index (χ1) is 17.2. The minimum atomic E-state index is -0.0302. The van der Waals surface area contributed by atoms with Crippen LogP contribution in [0.4, 0.5) is 0 Å². The third-order valence-corrected chi connectivity index (χ3v) is 7.31. The summed E-state index contributed by atoms with van der Waals surface area (Å²) >= 11 is 6.77. The number of rotatable bonds is 8. The van der Waals surface area contributed by atoms with Gasteiger partial charge in [-0.15, -0.1) is 10.2 Å². The van der Waals surface area contributed by atoms with Gasteiger partial charge in [0.2, 0.25) is 5.82 Å². The van der Waals surface area contributed by atoms with Crippen molar-refractivity contribution in [3.05, 3.63) is 69.6 Å². The maximum absolute atomic E-state index is 13.4. The Balaban J connectivity index is 1.42. The number of H-pyrrole nitrogens is 1. The van der Waals surface area contributed by atoms with Crippen LogP contribution in [0.3, 0.4) is 0 Å². The highest BCUT2D eigenvalue weighted by Gasteiger charge is 2.22. The Morgan fingerprint density at radius 3 is 2.54 bits per heavy atom. The summed E-state index contributed by atoms with van der Waals surface area (Å²) in [6.45, 7) is 3.22. The van der Waals surface area contributed by atoms with Crippen LogP contribution in [0.15, 0.2) is 47.4 Å². The van der Waals surface area contributed by atoms with Gasteiger partial charge in [-0.1, -0.05) is 74.5 Å². The van der Waals surface area contributed by atoms with E-state index in [1.54, 1.807) is 4.57 Å². The first kappa shape index (κ1) is 23.5. The van der Waals surface area contributed by atoms with Crippen molar-refractivity contribution < 1.29 is 0 Å². The predicted octanol–water partition coefficient (Wildman–Crippen LogP) is 5.13. The SMILES string of the molecule is CCCc1c(Cl)n(CC2CCCCC2)c(=O)n1Cc1ccc(-c2ccccc2-c2nn[nH]n2)cn1. The molecule has 182 valence electrons. The first-order valence-electron chi connectivity index (χ1n) is 12.4. The molecule has 0 spiro atoms. The summed E-state index contributed by atoms with van der Waals surface area (Å²) in [4.78, 5) is 18.1. The van der Waals surface area contributed by atoms with E-state index in [0.29, 0.717) is 30.0 Å². The number of halogens is 1. The number of imidazole rings is 1. The molecule has 35 heavy (non-hydrogen) atoms. The third-order valence-electron chi connectivity index (χ3n) is 6.88. The summed E-state index contributed by atoms with van der Waals surface area (Å²) in [5.74, 6) is 1.07. The zero-order valence-electron chi connectivity index (χ0n) is 20.0. The third kappa shape index (κ3) is 4.93. The lowest BCUT2D eigenvalue weighted by molar-refractivity contribution is 0.315. The van der Waals surface area contributed by atoms with Crippen LogP contribution in [0.25, 0.3) is 22.5 Å². The van der Waals surface area contributed by atoms with Crippen LogP contribution in [0, 0.1) is 5.92 Å². The molecule has 4 aromatic rings. The maximum atomic E-state index is 13.4. The van der Waals surface area contributed by atoms with Crippen molar-refractivity contribution in [1.82, 2.24) is 34.7 Å². The molecule has 3 aromatic heterocycles. The van der Waals surface area contributed by atoms with E-state index in [0.717, 1.165) is 40.9 Å². The van der Waals surface area contributed by atoms with Crippen LogP contribution in [0.1, 0.15) is 56.8 Å². The van der Waals surface area contributed by atoms with Gasteiger partial charge in [0.1, 0.15) is 5.15 Å². The van der Waals surface area contributed by atoms with Gasteiger partial charge in [-0.05, 0) is 42.0 Å². The van der Waals surface area contributed by atoms with Crippen molar-refractivity contribution in [2.24, 2.45) is 5.92 Å². The molecule has 1 N–H and O–H groups in total. The van der Waals surface area contributed by atoms with Gasteiger partial charge in [-0.2, -0.15) is 5.21 Å². The highest BCUT2D eigenvalue weighted by Crippen LogP contribution is 2.30. The number of pyridine rings is 1. The Morgan fingerprint density at radius 2 is 1.86 bits per heavy atom. The van der Waals surface area contributed by atoms with Crippen LogP contribution in [0.2, 0.25) is 5.15 Å². The second-order valence-electron chi connectivity index (χ2n) is 9.29. The summed E-state index contributed by atoms with van der Waals surface area (Å²) in [6.07, 6.45) is 9.64. The number of hydrogen-bond donors (Lipinski definition) is 1. The highest BCUT2D eigenvalue weighted by molar-refractivity contribution is 6.30. The average Bonchev–Trinajstić information content (AvgIpc) is 3.51. The van der Waals surface area contributed by atoms with Gasteiger partial charge in [0.25, 0.3) is 0 Å². The lowest BCUT2D eigenvalue weighted by Crippen LogP contribution is -2.28. The lowest BCUT2D eigenvalue weighted by Gasteiger charge is -2.21. The number of nitrogens with zero attached hydrogens (tertiary/aromatic N) is 6. The number of tetrazole rings is 1. The molecule has 0 radical (unpaired) electrons. The van der Waals surface area contributed by atoms with Crippen molar-refractivity contribution in [1.29, 1.82) is 0 Å². The summed E-state index contributed by atoms with van der Waals surface area (Å²) in [5, 5.41) is 15.0. The molecule has 1 aliphatic rings. The molecule has 5 rings (SSSR count). The van der Waals surface area contributed by atoms with E-state index in [4.69, 9.17) is 16.6 Å². The lowest BCUT2D eigenvalue weighted by atomic mass is 9.89. The summed E-state index contributed by atoms with van der Waals surface area (Å²) in [5.41, 5.74) is 4.49. The fourth-order valence-electron chi connectivity index (χ4n) is 5.08. The normalized spacial score (nSPS) is 14.5. The van der Waals surface area contributed by atoms with Crippen molar-refractivity contribution in [2.75, 3.05) is 0 Å². The van der Waals surface area contributed by atoms with Gasteiger partial charge in [-0.3, -0.25) is 14.1 Å². The molecule has 0 aliphatic heterocycles. The summed E-state index contributed by atoms with van der Waals surface area (Å²) < 4.78 is 3.60. The largest absolute Gasteiger partial charge is 0.329 e. The van der Waals surface area contributed by atoms with E-state index in [2.05, 4.69) is 27.5 Å². The molecular weight excluding hydrogens is 462 g/mol. The molecule has 3 heterocycles. The monoisotopic (exact) mass is 491 g/mol. The van der Waals surface area contributed by atoms with Gasteiger partial charge in [0, 0.05) is 23.9 Å². The molecule has 0 atom stereocenters. The van der Waals surface area contributed by atoms with Gasteiger partial charge in [-0.25, -0.2) is 4.79 Å². The van der Waals surface area contributed by atoms with E-state index < -0.39 is 0 Å². The van der Waals surface area contributed by atoms with Crippen LogP contribution < -0.4 is 5.69 Å². The van der Waals surface area contributed by atoms with E-state index >= 15 is 0 Å². The zero-order valence-corrected chi connectivity index (χ0v) is 20.7. The minimum Gasteiger partial charge on any atom is -0.289 e. The molecule has 0 saturated heterocycles. The zero-order chi connectivity index (χ0) is 24.2. The second-order valence-corrected chi connectivity index (χ2v) is 9.65. The molecule has 1 aromatic carbocycles. The Kier molecular flexibility index (Phi) is 7.08. The Labute approximate surface area is 209 Å². The minimum absolute atomic E-state index is 0.0302. The number of aromatic amines is 1. The van der Waals surface area contributed by atoms with E-state index in [9.17, 15) is 4.79 Å². The van der Waals surface area contributed by atoms with Crippen molar-refractivity contribution >= 4 is 11.6 Å². The van der Waals surface area contributed by atoms with Crippen LogP contribution in [-0.2, 0) is 19.5 Å². The molecule has 0 unspecified atom stereocenters. The molecular formula is C26H30ClN7O. The van der Waals surface area contributed by atoms with Crippen molar-refractivity contribution in [3.8, 4) is 22.5 Å². The van der Waals surface area contributed by atoms with Gasteiger partial charge < -0.3 is 0 Å². The molecule has 1 fully saturated rings. The Hall–Kier alpha value is -3.26. The Bertz CT molecular complexity index is 1320. The fraction of sp³-hybridized carbons (Fsp3) is 0.423. The molecule has 1 aliphatic carbocycles. The quantitative estimate of drug-likeness (QED) is 0.369. The van der Waals surface area contributed by atoms with Crippen LogP contribution >= 0.6 is 11.6 Å². The number of aromatic nitrogens is 7. The van der Waals surface area contributed by atoms with Gasteiger partial charge in [0.05, 0.1) is 17.9 Å². The predicted molar refractivity (Wildman–Crippen MR) is 136 cm³/mol. The maximum Gasteiger partial charge on any atom is 0.329 e. The van der Waals surface area contributed by atoms with Crippen molar-refractivity contribution in [3.63, 3.8) is 0 Å². The average molecular weight is 492 g/mol. The van der Waals surface area contributed by atoms with E-state index in [-0.39, 0.29) is 5.69 Å². The fourth-order valence-corrected chi connectivity index (χ4v) is 5.42. The Morgan fingerprint density at radius 1 is 1.06 bits per heavy atom. The number of hydrogen-bond acceptors (Lipinski definition) is 5. The molecule has 0 bridgehead atoms. The summed E-state index contributed by atoms with van der Waals surface area (Å²) in [7, 11) is 0. The topological polar surface area (TPSA) is 94.3 Å².